The number of nitrogens with one attached hydrogen (secondary N) is 1. The zero-order chi connectivity index (χ0) is 26.6. The number of rotatable bonds is 15. The predicted octanol–water partition coefficient (Wildman–Crippen LogP) is 4.66. The number of ketones is 3. The van der Waals surface area contributed by atoms with Crippen molar-refractivity contribution in [2.45, 2.75) is 51.5 Å². The highest BCUT2D eigenvalue weighted by atomic mass is 16.5. The van der Waals surface area contributed by atoms with Gasteiger partial charge in [-0.25, -0.2) is 0 Å². The van der Waals surface area contributed by atoms with E-state index in [0.29, 0.717) is 12.8 Å². The first-order valence-corrected chi connectivity index (χ1v) is 12.7. The molecule has 0 aromatic heterocycles. The molecule has 3 aromatic carbocycles. The number of hydrogen-bond donors (Lipinski definition) is 1. The minimum atomic E-state index is -0.846. The molecule has 6 heteroatoms. The largest absolute Gasteiger partial charge is 0.382 e. The minimum Gasteiger partial charge on any atom is -0.382 e. The zero-order valence-electron chi connectivity index (χ0n) is 21.6. The van der Waals surface area contributed by atoms with E-state index in [2.05, 4.69) is 5.32 Å². The number of carbonyl (C=O) groups is 4. The Kier molecular flexibility index (Phi) is 10.7. The van der Waals surface area contributed by atoms with E-state index in [4.69, 9.17) is 4.74 Å². The second kappa shape index (κ2) is 14.2. The summed E-state index contributed by atoms with van der Waals surface area (Å²) in [6, 6.07) is 22.8. The van der Waals surface area contributed by atoms with E-state index in [-0.39, 0.29) is 49.6 Å². The first kappa shape index (κ1) is 27.9. The molecule has 3 rings (SSSR count). The highest BCUT2D eigenvalue weighted by Crippen LogP contribution is 2.20. The van der Waals surface area contributed by atoms with Crippen LogP contribution in [0.2, 0.25) is 0 Å². The van der Waals surface area contributed by atoms with Gasteiger partial charge >= 0.3 is 0 Å². The van der Waals surface area contributed by atoms with Crippen molar-refractivity contribution in [2.75, 3.05) is 13.7 Å². The lowest BCUT2D eigenvalue weighted by molar-refractivity contribution is -0.134. The van der Waals surface area contributed by atoms with Crippen molar-refractivity contribution in [1.29, 1.82) is 0 Å². The van der Waals surface area contributed by atoms with E-state index >= 15 is 0 Å². The molecular weight excluding hydrogens is 466 g/mol. The maximum absolute atomic E-state index is 13.1. The summed E-state index contributed by atoms with van der Waals surface area (Å²) in [6.45, 7) is 1.42. The number of Topliss-reactive ketones (excluding diaryl/α,β-unsaturated/α-hetero) is 3. The van der Waals surface area contributed by atoms with Crippen LogP contribution >= 0.6 is 0 Å². The molecule has 0 spiro atoms. The van der Waals surface area contributed by atoms with Crippen LogP contribution in [-0.4, -0.2) is 43.0 Å². The second-order valence-corrected chi connectivity index (χ2v) is 9.45. The SMILES string of the molecule is COC[C@H](NC(=O)[C@H](CC(C)=O)CC(=O)CCc1ccccc1)C(=O)CCc1cccc2ccccc12. The maximum Gasteiger partial charge on any atom is 0.224 e. The predicted molar refractivity (Wildman–Crippen MR) is 144 cm³/mol. The number of methoxy groups -OCH3 is 1. The zero-order valence-corrected chi connectivity index (χ0v) is 21.6. The van der Waals surface area contributed by atoms with Crippen LogP contribution < -0.4 is 5.32 Å². The van der Waals surface area contributed by atoms with Crippen molar-refractivity contribution < 1.29 is 23.9 Å². The van der Waals surface area contributed by atoms with Crippen LogP contribution in [0.5, 0.6) is 0 Å². The van der Waals surface area contributed by atoms with Crippen molar-refractivity contribution in [3.63, 3.8) is 0 Å². The van der Waals surface area contributed by atoms with Crippen LogP contribution in [0, 0.1) is 5.92 Å². The van der Waals surface area contributed by atoms with Gasteiger partial charge in [0.25, 0.3) is 0 Å². The summed E-state index contributed by atoms with van der Waals surface area (Å²) in [4.78, 5) is 50.7. The fraction of sp³-hybridized carbons (Fsp3) is 0.355. The third kappa shape index (κ3) is 8.76. The maximum atomic E-state index is 13.1. The van der Waals surface area contributed by atoms with Gasteiger partial charge in [-0.05, 0) is 41.7 Å². The summed E-state index contributed by atoms with van der Waals surface area (Å²) in [6.07, 6.45) is 1.54. The lowest BCUT2D eigenvalue weighted by atomic mass is 9.92. The lowest BCUT2D eigenvalue weighted by Gasteiger charge is -2.21. The van der Waals surface area contributed by atoms with E-state index in [9.17, 15) is 19.2 Å². The molecule has 3 aromatic rings. The molecule has 0 aliphatic rings. The van der Waals surface area contributed by atoms with Crippen LogP contribution in [0.1, 0.15) is 43.7 Å². The van der Waals surface area contributed by atoms with Crippen LogP contribution in [0.3, 0.4) is 0 Å². The molecule has 37 heavy (non-hydrogen) atoms. The van der Waals surface area contributed by atoms with Crippen molar-refractivity contribution in [1.82, 2.24) is 5.32 Å². The Morgan fingerprint density at radius 2 is 1.51 bits per heavy atom. The second-order valence-electron chi connectivity index (χ2n) is 9.45. The normalized spacial score (nSPS) is 12.6. The van der Waals surface area contributed by atoms with E-state index < -0.39 is 17.9 Å². The summed E-state index contributed by atoms with van der Waals surface area (Å²) >= 11 is 0. The van der Waals surface area contributed by atoms with Crippen LogP contribution in [-0.2, 0) is 36.8 Å². The Labute approximate surface area is 218 Å². The fourth-order valence-corrected chi connectivity index (χ4v) is 4.52. The number of hydrogen-bond acceptors (Lipinski definition) is 5. The van der Waals surface area contributed by atoms with Gasteiger partial charge < -0.3 is 14.8 Å². The molecule has 0 heterocycles. The molecule has 1 N–H and O–H groups in total. The Balaban J connectivity index is 1.61. The van der Waals surface area contributed by atoms with Gasteiger partial charge in [0, 0.05) is 32.8 Å². The molecule has 6 nitrogen and oxygen atoms in total. The van der Waals surface area contributed by atoms with Gasteiger partial charge in [-0.15, -0.1) is 0 Å². The number of amides is 1. The highest BCUT2D eigenvalue weighted by Gasteiger charge is 2.28. The lowest BCUT2D eigenvalue weighted by Crippen LogP contribution is -2.47. The van der Waals surface area contributed by atoms with Crippen LogP contribution in [0.15, 0.2) is 72.8 Å². The van der Waals surface area contributed by atoms with E-state index in [0.717, 1.165) is 21.9 Å². The minimum absolute atomic E-state index is 0.0227. The molecule has 0 saturated carbocycles. The van der Waals surface area contributed by atoms with E-state index in [1.54, 1.807) is 0 Å². The molecule has 0 unspecified atom stereocenters. The van der Waals surface area contributed by atoms with Gasteiger partial charge in [0.1, 0.15) is 17.6 Å². The van der Waals surface area contributed by atoms with Gasteiger partial charge in [-0.1, -0.05) is 72.8 Å². The third-order valence-corrected chi connectivity index (χ3v) is 6.47. The quantitative estimate of drug-likeness (QED) is 0.327. The van der Waals surface area contributed by atoms with Gasteiger partial charge in [-0.2, -0.15) is 0 Å². The first-order valence-electron chi connectivity index (χ1n) is 12.7. The molecular formula is C31H35NO5. The molecule has 0 bridgehead atoms. The average molecular weight is 502 g/mol. The Bertz CT molecular complexity index is 1220. The van der Waals surface area contributed by atoms with E-state index in [1.165, 1.54) is 14.0 Å². The number of aryl methyl sites for hydroxylation is 2. The summed E-state index contributed by atoms with van der Waals surface area (Å²) in [5.74, 6) is -1.70. The van der Waals surface area contributed by atoms with Crippen molar-refractivity contribution in [2.24, 2.45) is 5.92 Å². The van der Waals surface area contributed by atoms with Crippen LogP contribution in [0.4, 0.5) is 0 Å². The van der Waals surface area contributed by atoms with Crippen molar-refractivity contribution >= 4 is 34.0 Å². The Morgan fingerprint density at radius 3 is 2.24 bits per heavy atom. The molecule has 2 atom stereocenters. The number of carbonyl (C=O) groups excluding carboxylic acids is 4. The molecule has 0 fully saturated rings. The number of benzene rings is 3. The van der Waals surface area contributed by atoms with Gasteiger partial charge in [-0.3, -0.25) is 14.4 Å². The van der Waals surface area contributed by atoms with Crippen LogP contribution in [0.25, 0.3) is 10.8 Å². The van der Waals surface area contributed by atoms with Crippen molar-refractivity contribution in [3.05, 3.63) is 83.9 Å². The third-order valence-electron chi connectivity index (χ3n) is 6.47. The molecule has 0 radical (unpaired) electrons. The highest BCUT2D eigenvalue weighted by molar-refractivity contribution is 5.94. The Hall–Kier alpha value is -3.64. The summed E-state index contributed by atoms with van der Waals surface area (Å²) in [7, 11) is 1.47. The first-order chi connectivity index (χ1) is 17.9. The molecule has 0 aliphatic carbocycles. The van der Waals surface area contributed by atoms with Gasteiger partial charge in [0.15, 0.2) is 5.78 Å². The summed E-state index contributed by atoms with van der Waals surface area (Å²) in [5, 5.41) is 4.97. The smallest absolute Gasteiger partial charge is 0.224 e. The number of ether oxygens (including phenoxy) is 1. The van der Waals surface area contributed by atoms with Gasteiger partial charge in [0.2, 0.25) is 5.91 Å². The molecule has 194 valence electrons. The number of fused-ring (bicyclic) bond motifs is 1. The molecule has 0 aliphatic heterocycles. The standard InChI is InChI=1S/C31H35NO5/c1-22(33)19-26(20-27(34)17-15-23-9-4-3-5-10-23)31(36)32-29(21-37-2)30(35)18-16-25-13-8-12-24-11-6-7-14-28(24)25/h3-14,26,29H,15-21H2,1-2H3,(H,32,36)/t26-,29+/m1/s1. The van der Waals surface area contributed by atoms with Gasteiger partial charge in [0.05, 0.1) is 12.5 Å². The van der Waals surface area contributed by atoms with Crippen molar-refractivity contribution in [3.8, 4) is 0 Å². The fourth-order valence-electron chi connectivity index (χ4n) is 4.52. The Morgan fingerprint density at radius 1 is 0.811 bits per heavy atom. The molecule has 1 amide bonds. The topological polar surface area (TPSA) is 89.5 Å². The summed E-state index contributed by atoms with van der Waals surface area (Å²) in [5.41, 5.74) is 2.10. The monoisotopic (exact) mass is 501 g/mol. The average Bonchev–Trinajstić information content (AvgIpc) is 2.90. The van der Waals surface area contributed by atoms with E-state index in [1.807, 2.05) is 72.8 Å². The summed E-state index contributed by atoms with van der Waals surface area (Å²) < 4.78 is 5.21. The molecule has 0 saturated heterocycles.